The average molecular weight is 529 g/mol. The van der Waals surface area contributed by atoms with E-state index in [2.05, 4.69) is 15.5 Å². The van der Waals surface area contributed by atoms with E-state index in [1.807, 2.05) is 30.0 Å². The quantitative estimate of drug-likeness (QED) is 0.463. The number of hydrogen-bond donors (Lipinski definition) is 2. The second kappa shape index (κ2) is 11.7. The summed E-state index contributed by atoms with van der Waals surface area (Å²) in [5.74, 6) is -0.468. The summed E-state index contributed by atoms with van der Waals surface area (Å²) in [6, 6.07) is 18.6. The molecule has 1 aliphatic heterocycles. The molecule has 5 rings (SSSR count). The number of benzene rings is 3. The topological polar surface area (TPSA) is 81.8 Å². The number of nitrogens with zero attached hydrogens (tertiary/aromatic N) is 2. The van der Waals surface area contributed by atoms with Gasteiger partial charge >= 0.3 is 0 Å². The second-order valence-corrected chi connectivity index (χ2v) is 10.3. The van der Waals surface area contributed by atoms with E-state index in [1.165, 1.54) is 12.1 Å². The Morgan fingerprint density at radius 3 is 2.33 bits per heavy atom. The zero-order valence-electron chi connectivity index (χ0n) is 22.1. The predicted octanol–water partition coefficient (Wildman–Crippen LogP) is 4.77. The van der Waals surface area contributed by atoms with Crippen LogP contribution in [0.3, 0.4) is 0 Å². The molecule has 3 amide bonds. The number of hydrogen-bond acceptors (Lipinski definition) is 4. The Morgan fingerprint density at radius 1 is 0.872 bits per heavy atom. The van der Waals surface area contributed by atoms with Gasteiger partial charge in [0.15, 0.2) is 0 Å². The minimum absolute atomic E-state index is 0.181. The number of rotatable bonds is 7. The summed E-state index contributed by atoms with van der Waals surface area (Å²) in [7, 11) is 0. The van der Waals surface area contributed by atoms with Crippen LogP contribution >= 0.6 is 0 Å². The van der Waals surface area contributed by atoms with Gasteiger partial charge < -0.3 is 20.4 Å². The summed E-state index contributed by atoms with van der Waals surface area (Å²) >= 11 is 0. The molecule has 3 aromatic rings. The van der Waals surface area contributed by atoms with Gasteiger partial charge in [0.25, 0.3) is 11.8 Å². The van der Waals surface area contributed by atoms with Gasteiger partial charge in [0.2, 0.25) is 5.91 Å². The highest BCUT2D eigenvalue weighted by molar-refractivity contribution is 6.06. The third kappa shape index (κ3) is 6.63. The van der Waals surface area contributed by atoms with Crippen LogP contribution in [0.1, 0.15) is 51.1 Å². The number of carbonyl (C=O) groups is 3. The van der Waals surface area contributed by atoms with Crippen molar-refractivity contribution in [2.45, 2.75) is 32.7 Å². The molecule has 2 fully saturated rings. The fourth-order valence-electron chi connectivity index (χ4n) is 4.83. The van der Waals surface area contributed by atoms with E-state index in [1.54, 1.807) is 36.4 Å². The van der Waals surface area contributed by atoms with Gasteiger partial charge in [-0.05, 0) is 74.2 Å². The van der Waals surface area contributed by atoms with Crippen LogP contribution in [0.15, 0.2) is 66.7 Å². The molecule has 0 spiro atoms. The molecule has 0 radical (unpaired) electrons. The minimum Gasteiger partial charge on any atom is -0.369 e. The van der Waals surface area contributed by atoms with Crippen LogP contribution in [0.5, 0.6) is 0 Å². The lowest BCUT2D eigenvalue weighted by Crippen LogP contribution is -2.36. The Kier molecular flexibility index (Phi) is 7.91. The van der Waals surface area contributed by atoms with E-state index in [0.717, 1.165) is 36.1 Å². The molecule has 2 N–H and O–H groups in total. The van der Waals surface area contributed by atoms with Crippen LogP contribution in [0.25, 0.3) is 0 Å². The molecular formula is C31H33FN4O3. The number of anilines is 2. The van der Waals surface area contributed by atoms with E-state index in [9.17, 15) is 18.8 Å². The third-order valence-electron chi connectivity index (χ3n) is 7.25. The van der Waals surface area contributed by atoms with Crippen molar-refractivity contribution in [1.82, 2.24) is 10.2 Å². The molecule has 1 saturated heterocycles. The van der Waals surface area contributed by atoms with Crippen molar-refractivity contribution in [2.75, 3.05) is 36.4 Å². The lowest BCUT2D eigenvalue weighted by Gasteiger charge is -2.26. The van der Waals surface area contributed by atoms with E-state index >= 15 is 0 Å². The maximum atomic E-state index is 13.5. The molecule has 0 atom stereocenters. The highest BCUT2D eigenvalue weighted by atomic mass is 19.1. The molecule has 3 aromatic carbocycles. The number of aryl methyl sites for hydroxylation is 1. The van der Waals surface area contributed by atoms with Crippen LogP contribution in [0.2, 0.25) is 0 Å². The number of amides is 3. The minimum atomic E-state index is -0.334. The lowest BCUT2D eigenvalue weighted by atomic mass is 10.1. The molecule has 39 heavy (non-hydrogen) atoms. The normalized spacial score (nSPS) is 15.4. The van der Waals surface area contributed by atoms with Gasteiger partial charge in [-0.25, -0.2) is 4.39 Å². The van der Waals surface area contributed by atoms with Crippen LogP contribution in [-0.2, 0) is 11.3 Å². The molecule has 0 bridgehead atoms. The van der Waals surface area contributed by atoms with Crippen molar-refractivity contribution in [3.05, 3.63) is 94.8 Å². The van der Waals surface area contributed by atoms with Crippen LogP contribution in [0.4, 0.5) is 15.8 Å². The van der Waals surface area contributed by atoms with Crippen molar-refractivity contribution in [1.29, 1.82) is 0 Å². The van der Waals surface area contributed by atoms with Gasteiger partial charge in [0.05, 0.1) is 5.56 Å². The number of nitrogens with one attached hydrogen (secondary N) is 2. The Hall–Kier alpha value is -4.20. The van der Waals surface area contributed by atoms with Crippen LogP contribution < -0.4 is 15.5 Å². The second-order valence-electron chi connectivity index (χ2n) is 10.3. The molecule has 0 aromatic heterocycles. The van der Waals surface area contributed by atoms with Crippen LogP contribution in [-0.4, -0.2) is 48.8 Å². The molecule has 202 valence electrons. The van der Waals surface area contributed by atoms with E-state index in [4.69, 9.17) is 0 Å². The van der Waals surface area contributed by atoms with Gasteiger partial charge in [0.1, 0.15) is 5.82 Å². The van der Waals surface area contributed by atoms with E-state index in [0.29, 0.717) is 43.0 Å². The first-order valence-electron chi connectivity index (χ1n) is 13.5. The Bertz CT molecular complexity index is 1350. The smallest absolute Gasteiger partial charge is 0.255 e. The average Bonchev–Trinajstić information content (AvgIpc) is 3.80. The molecule has 1 aliphatic carbocycles. The maximum Gasteiger partial charge on any atom is 0.255 e. The van der Waals surface area contributed by atoms with Gasteiger partial charge in [-0.3, -0.25) is 14.4 Å². The zero-order chi connectivity index (χ0) is 27.4. The molecule has 7 nitrogen and oxygen atoms in total. The fraction of sp³-hybridized carbons (Fsp3) is 0.323. The SMILES string of the molecule is Cc1ccc(C(=O)Nc2ccc(N3CCCN(C(=O)C4CC4)CC3)c(C(=O)NCc3ccc(F)cc3)c2)cc1. The summed E-state index contributed by atoms with van der Waals surface area (Å²) in [6.45, 7) is 4.84. The summed E-state index contributed by atoms with van der Waals surface area (Å²) in [5.41, 5.74) is 4.06. The molecule has 1 saturated carbocycles. The number of halogens is 1. The van der Waals surface area contributed by atoms with Gasteiger partial charge in [0, 0.05) is 55.6 Å². The van der Waals surface area contributed by atoms with Crippen molar-refractivity contribution >= 4 is 29.1 Å². The summed E-state index contributed by atoms with van der Waals surface area (Å²) in [5, 5.41) is 5.84. The lowest BCUT2D eigenvalue weighted by molar-refractivity contribution is -0.132. The van der Waals surface area contributed by atoms with E-state index < -0.39 is 0 Å². The summed E-state index contributed by atoms with van der Waals surface area (Å²) in [6.07, 6.45) is 2.77. The first-order chi connectivity index (χ1) is 18.9. The fourth-order valence-corrected chi connectivity index (χ4v) is 4.83. The molecular weight excluding hydrogens is 495 g/mol. The predicted molar refractivity (Wildman–Crippen MR) is 149 cm³/mol. The van der Waals surface area contributed by atoms with E-state index in [-0.39, 0.29) is 36.0 Å². The molecule has 0 unspecified atom stereocenters. The Morgan fingerprint density at radius 2 is 1.62 bits per heavy atom. The highest BCUT2D eigenvalue weighted by Gasteiger charge is 2.34. The standard InChI is InChI=1S/C31H33FN4O3/c1-21-3-7-23(8-4-21)29(37)34-26-13-14-28(35-15-2-16-36(18-17-35)31(39)24-9-10-24)27(19-26)30(38)33-20-22-5-11-25(32)12-6-22/h3-8,11-14,19,24H,2,9-10,15-18,20H2,1H3,(H,33,38)(H,34,37). The first-order valence-corrected chi connectivity index (χ1v) is 13.5. The van der Waals surface area contributed by atoms with Crippen molar-refractivity contribution in [3.8, 4) is 0 Å². The molecule has 8 heteroatoms. The Balaban J connectivity index is 1.36. The maximum absolute atomic E-state index is 13.5. The van der Waals surface area contributed by atoms with Crippen molar-refractivity contribution in [2.24, 2.45) is 5.92 Å². The first kappa shape index (κ1) is 26.4. The molecule has 2 aliphatic rings. The van der Waals surface area contributed by atoms with Gasteiger partial charge in [-0.2, -0.15) is 0 Å². The van der Waals surface area contributed by atoms with Crippen molar-refractivity contribution in [3.63, 3.8) is 0 Å². The third-order valence-corrected chi connectivity index (χ3v) is 7.25. The van der Waals surface area contributed by atoms with Crippen LogP contribution in [0, 0.1) is 18.7 Å². The van der Waals surface area contributed by atoms with Gasteiger partial charge in [-0.15, -0.1) is 0 Å². The molecule has 1 heterocycles. The Labute approximate surface area is 228 Å². The zero-order valence-corrected chi connectivity index (χ0v) is 22.1. The van der Waals surface area contributed by atoms with Gasteiger partial charge in [-0.1, -0.05) is 29.8 Å². The summed E-state index contributed by atoms with van der Waals surface area (Å²) in [4.78, 5) is 43.0. The number of carbonyl (C=O) groups excluding carboxylic acids is 3. The summed E-state index contributed by atoms with van der Waals surface area (Å²) < 4.78 is 13.3. The highest BCUT2D eigenvalue weighted by Crippen LogP contribution is 2.32. The monoisotopic (exact) mass is 528 g/mol. The largest absolute Gasteiger partial charge is 0.369 e. The van der Waals surface area contributed by atoms with Crippen molar-refractivity contribution < 1.29 is 18.8 Å².